The number of nitrogens with one attached hydrogen (secondary N) is 2. The summed E-state index contributed by atoms with van der Waals surface area (Å²) >= 11 is 0. The van der Waals surface area contributed by atoms with Gasteiger partial charge in [0.1, 0.15) is 6.33 Å². The molecule has 0 atom stereocenters. The average Bonchev–Trinajstić information content (AvgIpc) is 3.15. The Morgan fingerprint density at radius 2 is 1.41 bits per heavy atom. The molecule has 0 radical (unpaired) electrons. The van der Waals surface area contributed by atoms with Crippen LogP contribution in [0.2, 0.25) is 0 Å². The summed E-state index contributed by atoms with van der Waals surface area (Å²) in [6.07, 6.45) is -3.14. The van der Waals surface area contributed by atoms with Crippen LogP contribution in [0.1, 0.15) is 11.1 Å². The molecular weight excluding hydrogens is 406 g/mol. The van der Waals surface area contributed by atoms with Gasteiger partial charge in [0.05, 0.1) is 29.2 Å². The largest absolute Gasteiger partial charge is 0.416 e. The van der Waals surface area contributed by atoms with Crippen molar-refractivity contribution in [3.63, 3.8) is 0 Å². The molecule has 1 aromatic carbocycles. The number of amides is 2. The molecule has 7 nitrogen and oxygen atoms in total. The van der Waals surface area contributed by atoms with Gasteiger partial charge in [0.2, 0.25) is 5.95 Å². The third-order valence-corrected chi connectivity index (χ3v) is 3.48. The van der Waals surface area contributed by atoms with E-state index in [0.29, 0.717) is 12.1 Å². The highest BCUT2D eigenvalue weighted by molar-refractivity contribution is 5.99. The second-order valence-corrected chi connectivity index (χ2v) is 5.62. The van der Waals surface area contributed by atoms with Crippen LogP contribution in [-0.2, 0) is 12.4 Å². The SMILES string of the molecule is O=C(Nc1cnc(-n2ccnc2)nc1)Nc1cc(C(F)(F)F)cc(C(F)(F)F)c1. The number of hydrogen-bond donors (Lipinski definition) is 2. The molecule has 2 aromatic heterocycles. The van der Waals surface area contributed by atoms with Gasteiger partial charge in [-0.3, -0.25) is 4.57 Å². The molecule has 0 aliphatic rings. The van der Waals surface area contributed by atoms with Crippen molar-refractivity contribution in [2.75, 3.05) is 10.6 Å². The van der Waals surface area contributed by atoms with E-state index in [2.05, 4.69) is 20.3 Å². The molecule has 0 unspecified atom stereocenters. The van der Waals surface area contributed by atoms with E-state index in [1.54, 1.807) is 6.20 Å². The Labute approximate surface area is 158 Å². The summed E-state index contributed by atoms with van der Waals surface area (Å²) in [6.45, 7) is 0. The Hall–Kier alpha value is -3.64. The number of halogens is 6. The fourth-order valence-corrected chi connectivity index (χ4v) is 2.22. The van der Waals surface area contributed by atoms with Crippen LogP contribution >= 0.6 is 0 Å². The maximum absolute atomic E-state index is 12.9. The lowest BCUT2D eigenvalue weighted by Crippen LogP contribution is -2.21. The molecule has 2 amide bonds. The van der Waals surface area contributed by atoms with Gasteiger partial charge in [-0.1, -0.05) is 0 Å². The summed E-state index contributed by atoms with van der Waals surface area (Å²) in [5.74, 6) is 0.237. The quantitative estimate of drug-likeness (QED) is 0.622. The number of imidazole rings is 1. The maximum Gasteiger partial charge on any atom is 0.416 e. The highest BCUT2D eigenvalue weighted by atomic mass is 19.4. The van der Waals surface area contributed by atoms with Crippen molar-refractivity contribution in [2.24, 2.45) is 0 Å². The van der Waals surface area contributed by atoms with Crippen LogP contribution in [0.5, 0.6) is 0 Å². The number of benzene rings is 1. The zero-order valence-electron chi connectivity index (χ0n) is 14.1. The van der Waals surface area contributed by atoms with Gasteiger partial charge in [-0.25, -0.2) is 19.7 Å². The van der Waals surface area contributed by atoms with Crippen molar-refractivity contribution in [3.8, 4) is 5.95 Å². The van der Waals surface area contributed by atoms with Gasteiger partial charge in [0, 0.05) is 18.1 Å². The number of hydrogen-bond acceptors (Lipinski definition) is 4. The molecule has 0 aliphatic heterocycles. The van der Waals surface area contributed by atoms with Crippen LogP contribution in [0.3, 0.4) is 0 Å². The average molecular weight is 416 g/mol. The minimum Gasteiger partial charge on any atom is -0.308 e. The first-order valence-electron chi connectivity index (χ1n) is 7.70. The van der Waals surface area contributed by atoms with E-state index in [4.69, 9.17) is 0 Å². The second kappa shape index (κ2) is 7.41. The van der Waals surface area contributed by atoms with Gasteiger partial charge in [-0.2, -0.15) is 26.3 Å². The summed E-state index contributed by atoms with van der Waals surface area (Å²) in [7, 11) is 0. The van der Waals surface area contributed by atoms with Gasteiger partial charge in [-0.15, -0.1) is 0 Å². The van der Waals surface area contributed by atoms with Gasteiger partial charge in [0.25, 0.3) is 0 Å². The molecule has 0 bridgehead atoms. The number of nitrogens with zero attached hydrogens (tertiary/aromatic N) is 4. The fourth-order valence-electron chi connectivity index (χ4n) is 2.22. The number of alkyl halides is 6. The summed E-state index contributed by atoms with van der Waals surface area (Å²) < 4.78 is 78.6. The van der Waals surface area contributed by atoms with Gasteiger partial charge in [-0.05, 0) is 18.2 Å². The van der Waals surface area contributed by atoms with Crippen LogP contribution in [0.4, 0.5) is 42.5 Å². The van der Waals surface area contributed by atoms with Gasteiger partial charge < -0.3 is 10.6 Å². The van der Waals surface area contributed by atoms with E-state index < -0.39 is 35.2 Å². The number of aromatic nitrogens is 4. The van der Waals surface area contributed by atoms with Crippen molar-refractivity contribution in [1.29, 1.82) is 0 Å². The molecule has 152 valence electrons. The molecule has 3 rings (SSSR count). The Balaban J connectivity index is 1.76. The minimum absolute atomic E-state index is 0.0360. The molecule has 0 spiro atoms. The van der Waals surface area contributed by atoms with Crippen LogP contribution in [0, 0.1) is 0 Å². The lowest BCUT2D eigenvalue weighted by molar-refractivity contribution is -0.143. The van der Waals surface area contributed by atoms with E-state index in [1.807, 2.05) is 5.32 Å². The van der Waals surface area contributed by atoms with Crippen LogP contribution in [0.25, 0.3) is 5.95 Å². The van der Waals surface area contributed by atoms with Gasteiger partial charge in [0.15, 0.2) is 0 Å². The zero-order chi connectivity index (χ0) is 21.2. The van der Waals surface area contributed by atoms with E-state index in [9.17, 15) is 31.1 Å². The molecular formula is C16H10F6N6O. The summed E-state index contributed by atoms with van der Waals surface area (Å²) in [5.41, 5.74) is -3.71. The molecule has 2 heterocycles. The molecule has 29 heavy (non-hydrogen) atoms. The van der Waals surface area contributed by atoms with Crippen LogP contribution in [-0.4, -0.2) is 25.6 Å². The first-order chi connectivity index (χ1) is 13.5. The van der Waals surface area contributed by atoms with Crippen LogP contribution in [0.15, 0.2) is 49.3 Å². The highest BCUT2D eigenvalue weighted by Gasteiger charge is 2.37. The van der Waals surface area contributed by atoms with Gasteiger partial charge >= 0.3 is 18.4 Å². The molecule has 0 aliphatic carbocycles. The van der Waals surface area contributed by atoms with Crippen molar-refractivity contribution in [3.05, 3.63) is 60.4 Å². The number of urea groups is 1. The molecule has 3 aromatic rings. The zero-order valence-corrected chi connectivity index (χ0v) is 14.1. The van der Waals surface area contributed by atoms with Crippen LogP contribution < -0.4 is 10.6 Å². The highest BCUT2D eigenvalue weighted by Crippen LogP contribution is 2.37. The topological polar surface area (TPSA) is 84.7 Å². The summed E-state index contributed by atoms with van der Waals surface area (Å²) in [6, 6.07) is -0.316. The van der Waals surface area contributed by atoms with Crippen molar-refractivity contribution in [2.45, 2.75) is 12.4 Å². The Bertz CT molecular complexity index is 966. The monoisotopic (exact) mass is 416 g/mol. The van der Waals surface area contributed by atoms with E-state index in [1.165, 1.54) is 29.5 Å². The van der Waals surface area contributed by atoms with Crippen molar-refractivity contribution >= 4 is 17.4 Å². The Kier molecular flexibility index (Phi) is 5.14. The minimum atomic E-state index is -5.02. The predicted molar refractivity (Wildman–Crippen MR) is 88.2 cm³/mol. The third kappa shape index (κ3) is 5.00. The lowest BCUT2D eigenvalue weighted by Gasteiger charge is -2.15. The molecule has 0 fully saturated rings. The van der Waals surface area contributed by atoms with E-state index in [-0.39, 0.29) is 17.7 Å². The first kappa shape index (κ1) is 20.1. The molecule has 0 saturated carbocycles. The normalized spacial score (nSPS) is 11.9. The standard InChI is InChI=1S/C16H10F6N6O/c17-15(18,19)9-3-10(16(20,21)22)5-11(4-9)26-14(29)27-12-6-24-13(25-7-12)28-2-1-23-8-28/h1-8H,(H2,26,27,29). The summed E-state index contributed by atoms with van der Waals surface area (Å²) in [5, 5.41) is 4.15. The van der Waals surface area contributed by atoms with E-state index >= 15 is 0 Å². The van der Waals surface area contributed by atoms with E-state index in [0.717, 1.165) is 0 Å². The Morgan fingerprint density at radius 1 is 0.862 bits per heavy atom. The number of carbonyl (C=O) groups excluding carboxylic acids is 1. The first-order valence-corrected chi connectivity index (χ1v) is 7.70. The lowest BCUT2D eigenvalue weighted by atomic mass is 10.1. The Morgan fingerprint density at radius 3 is 1.90 bits per heavy atom. The maximum atomic E-state index is 12.9. The molecule has 13 heteroatoms. The number of carbonyl (C=O) groups is 1. The third-order valence-electron chi connectivity index (χ3n) is 3.48. The predicted octanol–water partition coefficient (Wildman–Crippen LogP) is 4.34. The number of anilines is 2. The van der Waals surface area contributed by atoms with Crippen molar-refractivity contribution < 1.29 is 31.1 Å². The smallest absolute Gasteiger partial charge is 0.308 e. The summed E-state index contributed by atoms with van der Waals surface area (Å²) in [4.78, 5) is 23.7. The molecule has 2 N–H and O–H groups in total. The fraction of sp³-hybridized carbons (Fsp3) is 0.125. The number of rotatable bonds is 3. The second-order valence-electron chi connectivity index (χ2n) is 5.62. The molecule has 0 saturated heterocycles. The van der Waals surface area contributed by atoms with Crippen molar-refractivity contribution in [1.82, 2.24) is 19.5 Å².